The summed E-state index contributed by atoms with van der Waals surface area (Å²) in [5.74, 6) is 0. The monoisotopic (exact) mass is 293 g/mol. The highest BCUT2D eigenvalue weighted by atomic mass is 32.1. The number of aromatic nitrogens is 3. The highest BCUT2D eigenvalue weighted by Crippen LogP contribution is 2.16. The lowest BCUT2D eigenvalue weighted by molar-refractivity contribution is 0.220. The van der Waals surface area contributed by atoms with Crippen LogP contribution in [0.25, 0.3) is 0 Å². The summed E-state index contributed by atoms with van der Waals surface area (Å²) in [6.45, 7) is 6.66. The Morgan fingerprint density at radius 1 is 1.50 bits per heavy atom. The minimum absolute atomic E-state index is 0.102. The molecular weight excluding hydrogens is 274 g/mol. The molecule has 108 valence electrons. The second-order valence-corrected chi connectivity index (χ2v) is 6.33. The zero-order valence-electron chi connectivity index (χ0n) is 12.1. The van der Waals surface area contributed by atoms with Crippen LogP contribution in [0.2, 0.25) is 0 Å². The summed E-state index contributed by atoms with van der Waals surface area (Å²) in [5, 5.41) is 9.01. The van der Waals surface area contributed by atoms with Crippen LogP contribution in [-0.4, -0.2) is 32.7 Å². The molecule has 2 aromatic rings. The Labute approximate surface area is 122 Å². The van der Waals surface area contributed by atoms with Gasteiger partial charge in [-0.3, -0.25) is 4.68 Å². The van der Waals surface area contributed by atoms with E-state index in [9.17, 15) is 4.79 Å². The Balaban J connectivity index is 1.95. The fourth-order valence-electron chi connectivity index (χ4n) is 1.60. The first-order valence-electron chi connectivity index (χ1n) is 6.30. The Morgan fingerprint density at radius 2 is 2.25 bits per heavy atom. The van der Waals surface area contributed by atoms with Gasteiger partial charge in [-0.05, 0) is 20.8 Å². The molecular formula is C13H19N5OS. The highest BCUT2D eigenvalue weighted by Gasteiger charge is 2.16. The standard InChI is InChI=1S/C13H19N5OS/c1-13(2,3)18-7-10(5-15-18)16-12(19)17(4)6-11-8-20-9-14-11/h5,7-9H,6H2,1-4H3,(H,16,19). The van der Waals surface area contributed by atoms with Gasteiger partial charge in [0.1, 0.15) is 0 Å². The topological polar surface area (TPSA) is 63.1 Å². The summed E-state index contributed by atoms with van der Waals surface area (Å²) in [6, 6.07) is -0.175. The molecule has 2 rings (SSSR count). The average Bonchev–Trinajstić information content (AvgIpc) is 2.98. The van der Waals surface area contributed by atoms with Crippen LogP contribution >= 0.6 is 11.3 Å². The average molecular weight is 293 g/mol. The number of carbonyl (C=O) groups is 1. The van der Waals surface area contributed by atoms with E-state index in [1.165, 1.54) is 11.3 Å². The summed E-state index contributed by atoms with van der Waals surface area (Å²) < 4.78 is 1.82. The molecule has 0 radical (unpaired) electrons. The molecule has 0 aliphatic rings. The molecule has 0 saturated heterocycles. The van der Waals surface area contributed by atoms with Crippen molar-refractivity contribution in [2.75, 3.05) is 12.4 Å². The van der Waals surface area contributed by atoms with Crippen molar-refractivity contribution in [3.8, 4) is 0 Å². The van der Waals surface area contributed by atoms with E-state index >= 15 is 0 Å². The lowest BCUT2D eigenvalue weighted by Crippen LogP contribution is -2.30. The lowest BCUT2D eigenvalue weighted by Gasteiger charge is -2.19. The molecule has 0 aliphatic heterocycles. The predicted octanol–water partition coefficient (Wildman–Crippen LogP) is 2.76. The third-order valence-corrected chi connectivity index (χ3v) is 3.39. The van der Waals surface area contributed by atoms with Crippen LogP contribution < -0.4 is 5.32 Å². The van der Waals surface area contributed by atoms with E-state index in [4.69, 9.17) is 0 Å². The number of rotatable bonds is 3. The van der Waals surface area contributed by atoms with E-state index in [-0.39, 0.29) is 11.6 Å². The molecule has 0 aliphatic carbocycles. The maximum Gasteiger partial charge on any atom is 0.322 e. The Kier molecular flexibility index (Phi) is 4.08. The highest BCUT2D eigenvalue weighted by molar-refractivity contribution is 7.07. The summed E-state index contributed by atoms with van der Waals surface area (Å²) in [7, 11) is 1.74. The van der Waals surface area contributed by atoms with Gasteiger partial charge in [0, 0.05) is 18.6 Å². The van der Waals surface area contributed by atoms with Gasteiger partial charge in [-0.1, -0.05) is 0 Å². The summed E-state index contributed by atoms with van der Waals surface area (Å²) in [5.41, 5.74) is 3.23. The van der Waals surface area contributed by atoms with Crippen LogP contribution in [0.3, 0.4) is 0 Å². The van der Waals surface area contributed by atoms with Gasteiger partial charge in [-0.25, -0.2) is 9.78 Å². The fraction of sp³-hybridized carbons (Fsp3) is 0.462. The first kappa shape index (κ1) is 14.5. The van der Waals surface area contributed by atoms with Crippen LogP contribution in [0.15, 0.2) is 23.3 Å². The molecule has 0 fully saturated rings. The van der Waals surface area contributed by atoms with Crippen molar-refractivity contribution in [2.24, 2.45) is 0 Å². The molecule has 0 atom stereocenters. The van der Waals surface area contributed by atoms with Crippen molar-refractivity contribution < 1.29 is 4.79 Å². The number of amides is 2. The molecule has 0 unspecified atom stereocenters. The van der Waals surface area contributed by atoms with Crippen LogP contribution in [0.5, 0.6) is 0 Å². The number of anilines is 1. The van der Waals surface area contributed by atoms with Gasteiger partial charge >= 0.3 is 6.03 Å². The molecule has 0 aromatic carbocycles. The van der Waals surface area contributed by atoms with Crippen LogP contribution in [0.4, 0.5) is 10.5 Å². The number of nitrogens with zero attached hydrogens (tertiary/aromatic N) is 4. The summed E-state index contributed by atoms with van der Waals surface area (Å²) in [6.07, 6.45) is 3.48. The Morgan fingerprint density at radius 3 is 2.80 bits per heavy atom. The number of urea groups is 1. The largest absolute Gasteiger partial charge is 0.322 e. The molecule has 2 heterocycles. The molecule has 7 heteroatoms. The Hall–Kier alpha value is -1.89. The maximum absolute atomic E-state index is 12.1. The van der Waals surface area contributed by atoms with Crippen LogP contribution in [-0.2, 0) is 12.1 Å². The zero-order valence-corrected chi connectivity index (χ0v) is 12.9. The van der Waals surface area contributed by atoms with Gasteiger partial charge in [-0.2, -0.15) is 5.10 Å². The van der Waals surface area contributed by atoms with Gasteiger partial charge in [0.15, 0.2) is 0 Å². The second kappa shape index (κ2) is 5.62. The van der Waals surface area contributed by atoms with E-state index < -0.39 is 0 Å². The lowest BCUT2D eigenvalue weighted by atomic mass is 10.1. The van der Waals surface area contributed by atoms with E-state index in [0.717, 1.165) is 5.69 Å². The van der Waals surface area contributed by atoms with Crippen molar-refractivity contribution in [1.29, 1.82) is 0 Å². The third-order valence-electron chi connectivity index (χ3n) is 2.75. The molecule has 6 nitrogen and oxygen atoms in total. The minimum atomic E-state index is -0.175. The van der Waals surface area contributed by atoms with Gasteiger partial charge in [0.2, 0.25) is 0 Å². The van der Waals surface area contributed by atoms with E-state index in [2.05, 4.69) is 36.2 Å². The molecule has 2 aromatic heterocycles. The first-order valence-corrected chi connectivity index (χ1v) is 7.25. The van der Waals surface area contributed by atoms with E-state index in [1.54, 1.807) is 23.7 Å². The molecule has 1 N–H and O–H groups in total. The molecule has 20 heavy (non-hydrogen) atoms. The normalized spacial score (nSPS) is 11.4. The van der Waals surface area contributed by atoms with E-state index in [1.807, 2.05) is 16.3 Å². The van der Waals surface area contributed by atoms with Crippen LogP contribution in [0, 0.1) is 0 Å². The van der Waals surface area contributed by atoms with Gasteiger partial charge in [0.25, 0.3) is 0 Å². The molecule has 2 amide bonds. The zero-order chi connectivity index (χ0) is 14.8. The minimum Gasteiger partial charge on any atom is -0.322 e. The number of carbonyl (C=O) groups excluding carboxylic acids is 1. The van der Waals surface area contributed by atoms with Crippen molar-refractivity contribution in [1.82, 2.24) is 19.7 Å². The molecule has 0 bridgehead atoms. The van der Waals surface area contributed by atoms with Crippen LogP contribution in [0.1, 0.15) is 26.5 Å². The summed E-state index contributed by atoms with van der Waals surface area (Å²) in [4.78, 5) is 17.8. The van der Waals surface area contributed by atoms with Gasteiger partial charge in [0.05, 0.1) is 35.2 Å². The maximum atomic E-state index is 12.1. The van der Waals surface area contributed by atoms with Crippen molar-refractivity contribution in [3.63, 3.8) is 0 Å². The number of hydrogen-bond donors (Lipinski definition) is 1. The second-order valence-electron chi connectivity index (χ2n) is 5.61. The Bertz CT molecular complexity index is 570. The number of thiazole rings is 1. The summed E-state index contributed by atoms with van der Waals surface area (Å²) >= 11 is 1.52. The van der Waals surface area contributed by atoms with Gasteiger partial charge < -0.3 is 10.2 Å². The fourth-order valence-corrected chi connectivity index (χ4v) is 2.15. The molecule has 0 spiro atoms. The van der Waals surface area contributed by atoms with E-state index in [0.29, 0.717) is 12.2 Å². The van der Waals surface area contributed by atoms with Crippen molar-refractivity contribution in [3.05, 3.63) is 29.0 Å². The smallest absolute Gasteiger partial charge is 0.322 e. The number of nitrogens with one attached hydrogen (secondary N) is 1. The SMILES string of the molecule is CN(Cc1cscn1)C(=O)Nc1cnn(C(C)(C)C)c1. The molecule has 0 saturated carbocycles. The third kappa shape index (κ3) is 3.57. The first-order chi connectivity index (χ1) is 9.36. The quantitative estimate of drug-likeness (QED) is 0.946. The van der Waals surface area contributed by atoms with Gasteiger partial charge in [-0.15, -0.1) is 11.3 Å². The van der Waals surface area contributed by atoms with Crippen molar-refractivity contribution in [2.45, 2.75) is 32.9 Å². The predicted molar refractivity (Wildman–Crippen MR) is 79.8 cm³/mol. The number of hydrogen-bond acceptors (Lipinski definition) is 4. The van der Waals surface area contributed by atoms with Crippen molar-refractivity contribution >= 4 is 23.1 Å².